The summed E-state index contributed by atoms with van der Waals surface area (Å²) in [5.41, 5.74) is 0.958. The third kappa shape index (κ3) is 2.22. The van der Waals surface area contributed by atoms with Crippen LogP contribution < -0.4 is 5.32 Å². The molecule has 7 heteroatoms. The van der Waals surface area contributed by atoms with Crippen LogP contribution in [-0.4, -0.2) is 25.7 Å². The fourth-order valence-corrected chi connectivity index (χ4v) is 2.53. The van der Waals surface area contributed by atoms with Crippen molar-refractivity contribution < 1.29 is 15.3 Å². The minimum Gasteiger partial charge on any atom is -0.504 e. The summed E-state index contributed by atoms with van der Waals surface area (Å²) in [5.74, 6) is -1.44. The molecule has 1 atom stereocenters. The first-order chi connectivity index (χ1) is 7.82. The third-order valence-electron chi connectivity index (χ3n) is 2.74. The lowest BCUT2D eigenvalue weighted by Gasteiger charge is -2.32. The van der Waals surface area contributed by atoms with Crippen molar-refractivity contribution in [3.8, 4) is 17.2 Å². The monoisotopic (exact) mass is 297 g/mol. The van der Waals surface area contributed by atoms with E-state index >= 15 is 0 Å². The zero-order chi connectivity index (χ0) is 12.8. The Kier molecular flexibility index (Phi) is 3.25. The second kappa shape index (κ2) is 4.28. The minimum atomic E-state index is -1.66. The van der Waals surface area contributed by atoms with E-state index in [4.69, 9.17) is 34.8 Å². The molecule has 1 aromatic carbocycles. The molecule has 1 heterocycles. The molecule has 94 valence electrons. The fourth-order valence-electron chi connectivity index (χ4n) is 1.97. The molecule has 17 heavy (non-hydrogen) atoms. The summed E-state index contributed by atoms with van der Waals surface area (Å²) in [6, 6.07) is 0.636. The lowest BCUT2D eigenvalue weighted by molar-refractivity contribution is 0.355. The average Bonchev–Trinajstić information content (AvgIpc) is 2.24. The van der Waals surface area contributed by atoms with E-state index in [0.717, 1.165) is 0 Å². The molecule has 0 saturated heterocycles. The average molecular weight is 299 g/mol. The van der Waals surface area contributed by atoms with Crippen molar-refractivity contribution in [2.24, 2.45) is 0 Å². The predicted octanol–water partition coefficient (Wildman–Crippen LogP) is 2.36. The molecule has 0 amide bonds. The van der Waals surface area contributed by atoms with Gasteiger partial charge in [0.25, 0.3) is 0 Å². The largest absolute Gasteiger partial charge is 0.504 e. The maximum absolute atomic E-state index is 9.83. The number of nitrogens with one attached hydrogen (secondary N) is 1. The first-order valence-corrected chi connectivity index (χ1v) is 6.02. The SMILES string of the molecule is Oc1cc2c(c(O)c1O)C(C(Cl)(Cl)Cl)NCC2. The van der Waals surface area contributed by atoms with Gasteiger partial charge >= 0.3 is 0 Å². The van der Waals surface area contributed by atoms with E-state index in [2.05, 4.69) is 5.32 Å². The van der Waals surface area contributed by atoms with Crippen LogP contribution in [0.2, 0.25) is 0 Å². The molecule has 1 aliphatic rings. The number of alkyl halides is 3. The number of benzene rings is 1. The molecule has 4 N–H and O–H groups in total. The van der Waals surface area contributed by atoms with Crippen LogP contribution >= 0.6 is 34.8 Å². The smallest absolute Gasteiger partial charge is 0.209 e. The van der Waals surface area contributed by atoms with Crippen molar-refractivity contribution in [1.82, 2.24) is 5.32 Å². The highest BCUT2D eigenvalue weighted by atomic mass is 35.6. The number of phenolic OH excluding ortho intramolecular Hbond substituents is 3. The van der Waals surface area contributed by atoms with Gasteiger partial charge in [-0.15, -0.1) is 0 Å². The second-order valence-corrected chi connectivity index (χ2v) is 6.21. The molecule has 0 spiro atoms. The number of rotatable bonds is 0. The van der Waals surface area contributed by atoms with Crippen molar-refractivity contribution in [3.05, 3.63) is 17.2 Å². The number of aromatic hydroxyl groups is 3. The summed E-state index contributed by atoms with van der Waals surface area (Å²) in [4.78, 5) is 0. The fraction of sp³-hybridized carbons (Fsp3) is 0.400. The van der Waals surface area contributed by atoms with Crippen molar-refractivity contribution >= 4 is 34.8 Å². The van der Waals surface area contributed by atoms with Gasteiger partial charge in [-0.25, -0.2) is 0 Å². The van der Waals surface area contributed by atoms with Gasteiger partial charge in [-0.2, -0.15) is 0 Å². The maximum Gasteiger partial charge on any atom is 0.209 e. The van der Waals surface area contributed by atoms with E-state index < -0.39 is 21.3 Å². The van der Waals surface area contributed by atoms with Crippen LogP contribution in [0.4, 0.5) is 0 Å². The number of halogens is 3. The zero-order valence-electron chi connectivity index (χ0n) is 8.54. The molecule has 0 aliphatic carbocycles. The molecule has 0 bridgehead atoms. The van der Waals surface area contributed by atoms with Crippen LogP contribution in [0.25, 0.3) is 0 Å². The Bertz CT molecular complexity index is 459. The Morgan fingerprint density at radius 1 is 1.18 bits per heavy atom. The number of phenols is 3. The lowest BCUT2D eigenvalue weighted by Crippen LogP contribution is -2.37. The van der Waals surface area contributed by atoms with E-state index in [1.54, 1.807) is 0 Å². The van der Waals surface area contributed by atoms with Crippen LogP contribution in [0.5, 0.6) is 17.2 Å². The van der Waals surface area contributed by atoms with Gasteiger partial charge in [-0.05, 0) is 24.6 Å². The predicted molar refractivity (Wildman–Crippen MR) is 66.2 cm³/mol. The van der Waals surface area contributed by atoms with Gasteiger partial charge in [0, 0.05) is 5.56 Å². The Labute approximate surface area is 113 Å². The number of fused-ring (bicyclic) bond motifs is 1. The summed E-state index contributed by atoms with van der Waals surface area (Å²) in [5, 5.41) is 31.7. The number of hydrogen-bond donors (Lipinski definition) is 4. The summed E-state index contributed by atoms with van der Waals surface area (Å²) < 4.78 is -1.66. The van der Waals surface area contributed by atoms with Crippen LogP contribution in [0, 0.1) is 0 Å². The van der Waals surface area contributed by atoms with Crippen LogP contribution in [-0.2, 0) is 6.42 Å². The zero-order valence-corrected chi connectivity index (χ0v) is 10.8. The highest BCUT2D eigenvalue weighted by molar-refractivity contribution is 6.68. The Morgan fingerprint density at radius 3 is 2.41 bits per heavy atom. The second-order valence-electron chi connectivity index (χ2n) is 3.84. The highest BCUT2D eigenvalue weighted by Crippen LogP contribution is 2.50. The molecule has 0 saturated carbocycles. The minimum absolute atomic E-state index is 0.312. The van der Waals surface area contributed by atoms with Crippen molar-refractivity contribution in [3.63, 3.8) is 0 Å². The van der Waals surface area contributed by atoms with Gasteiger partial charge in [-0.1, -0.05) is 34.8 Å². The van der Waals surface area contributed by atoms with E-state index in [1.807, 2.05) is 0 Å². The lowest BCUT2D eigenvalue weighted by atomic mass is 9.93. The normalized spacial score (nSPS) is 20.1. The molecular formula is C10H10Cl3NO3. The molecule has 1 aliphatic heterocycles. The van der Waals surface area contributed by atoms with Crippen molar-refractivity contribution in [2.45, 2.75) is 16.3 Å². The van der Waals surface area contributed by atoms with Crippen molar-refractivity contribution in [2.75, 3.05) is 6.54 Å². The quantitative estimate of drug-likeness (QED) is 0.438. The number of hydrogen-bond acceptors (Lipinski definition) is 4. The first-order valence-electron chi connectivity index (χ1n) is 4.89. The summed E-state index contributed by atoms with van der Waals surface area (Å²) in [6.45, 7) is 0.551. The topological polar surface area (TPSA) is 72.7 Å². The van der Waals surface area contributed by atoms with E-state index in [1.165, 1.54) is 6.07 Å². The van der Waals surface area contributed by atoms with E-state index in [-0.39, 0.29) is 5.75 Å². The molecule has 0 aromatic heterocycles. The standard InChI is InChI=1S/C10H10Cl3NO3/c11-10(12,13)9-6-4(1-2-14-9)3-5(15)7(16)8(6)17/h3,9,14-17H,1-2H2. The summed E-state index contributed by atoms with van der Waals surface area (Å²) in [6.07, 6.45) is 0.563. The van der Waals surface area contributed by atoms with Gasteiger partial charge in [0.05, 0.1) is 6.04 Å². The van der Waals surface area contributed by atoms with Crippen LogP contribution in [0.15, 0.2) is 6.07 Å². The molecule has 1 unspecified atom stereocenters. The highest BCUT2D eigenvalue weighted by Gasteiger charge is 2.39. The maximum atomic E-state index is 9.83. The molecule has 2 rings (SSSR count). The van der Waals surface area contributed by atoms with E-state index in [9.17, 15) is 15.3 Å². The first kappa shape index (κ1) is 12.9. The molecule has 0 fully saturated rings. The molecular weight excluding hydrogens is 288 g/mol. The Hall–Kier alpha value is -0.550. The molecule has 4 nitrogen and oxygen atoms in total. The molecule has 0 radical (unpaired) electrons. The Balaban J connectivity index is 2.62. The Morgan fingerprint density at radius 2 is 1.82 bits per heavy atom. The third-order valence-corrected chi connectivity index (χ3v) is 3.39. The van der Waals surface area contributed by atoms with Gasteiger partial charge in [-0.3, -0.25) is 0 Å². The van der Waals surface area contributed by atoms with Crippen LogP contribution in [0.3, 0.4) is 0 Å². The summed E-state index contributed by atoms with van der Waals surface area (Å²) in [7, 11) is 0. The van der Waals surface area contributed by atoms with Gasteiger partial charge in [0.2, 0.25) is 9.54 Å². The van der Waals surface area contributed by atoms with E-state index in [0.29, 0.717) is 24.1 Å². The molecule has 1 aromatic rings. The summed E-state index contributed by atoms with van der Waals surface area (Å²) >= 11 is 17.5. The van der Waals surface area contributed by atoms with Crippen LogP contribution in [0.1, 0.15) is 17.2 Å². The van der Waals surface area contributed by atoms with Gasteiger partial charge in [0.15, 0.2) is 11.5 Å². The van der Waals surface area contributed by atoms with Gasteiger partial charge < -0.3 is 20.6 Å². The van der Waals surface area contributed by atoms with Gasteiger partial charge in [0.1, 0.15) is 0 Å². The van der Waals surface area contributed by atoms with Crippen molar-refractivity contribution in [1.29, 1.82) is 0 Å².